The van der Waals surface area contributed by atoms with Crippen molar-refractivity contribution in [3.05, 3.63) is 122 Å². The van der Waals surface area contributed by atoms with Crippen molar-refractivity contribution < 1.29 is 27.1 Å². The van der Waals surface area contributed by atoms with Crippen molar-refractivity contribution in [2.24, 2.45) is 0 Å². The zero-order chi connectivity index (χ0) is 43.5. The molecule has 58 heavy (non-hydrogen) atoms. The van der Waals surface area contributed by atoms with Crippen molar-refractivity contribution in [3.8, 4) is 0 Å². The predicted molar refractivity (Wildman–Crippen MR) is 298 cm³/mol. The fraction of sp³-hybridized carbons (Fsp3) is 0.500. The van der Waals surface area contributed by atoms with Gasteiger partial charge in [-0.25, -0.2) is 0 Å². The zero-order valence-electron chi connectivity index (χ0n) is 35.0. The lowest BCUT2D eigenvalue weighted by Crippen LogP contribution is -2.02. The van der Waals surface area contributed by atoms with Gasteiger partial charge in [-0.15, -0.1) is 0 Å². The summed E-state index contributed by atoms with van der Waals surface area (Å²) in [5, 5.41) is 0. The fourth-order valence-corrected chi connectivity index (χ4v) is 9.65. The Hall–Kier alpha value is 2.32. The molecule has 0 aliphatic rings. The van der Waals surface area contributed by atoms with E-state index in [9.17, 15) is 0 Å². The Morgan fingerprint density at radius 2 is 0.759 bits per heavy atom. The van der Waals surface area contributed by atoms with E-state index in [1.54, 1.807) is 0 Å². The molecule has 0 bridgehead atoms. The molecule has 0 aromatic rings. The van der Waals surface area contributed by atoms with E-state index >= 15 is 0 Å². The van der Waals surface area contributed by atoms with Crippen LogP contribution in [-0.2, 0) is 27.1 Å². The molecule has 0 heterocycles. The van der Waals surface area contributed by atoms with Crippen LogP contribution in [0.5, 0.6) is 0 Å². The molecule has 0 aliphatic heterocycles. The van der Waals surface area contributed by atoms with Crippen LogP contribution >= 0.6 is 105 Å². The monoisotopic (exact) mass is 1020 g/mol. The standard InChI is InChI=1S/2C20H38O3P6/c2*1-3-5-13-19(21-24)15-9-6-7-10-16-20(22-28-25)17-12-8-11-14-18(4-2)23-29(26)27/h2*6-12,14-16,18-20,28H,3-5,13,17,24-27H2,1-2H3/b7-6+,12-8-,14-11+,15-9+,16-10+;. The van der Waals surface area contributed by atoms with Crippen LogP contribution < -0.4 is 0 Å². The third-order valence-corrected chi connectivity index (χ3v) is 12.5. The minimum atomic E-state index is -0.497. The molecule has 0 rings (SSSR count). The summed E-state index contributed by atoms with van der Waals surface area (Å²) < 4.78 is 33.9. The number of hydrogen-bond donors (Lipinski definition) is 0. The van der Waals surface area contributed by atoms with Crippen LogP contribution in [0.1, 0.15) is 91.9 Å². The summed E-state index contributed by atoms with van der Waals surface area (Å²) in [6.45, 7) is 8.64. The van der Waals surface area contributed by atoms with Crippen molar-refractivity contribution in [2.75, 3.05) is 0 Å². The van der Waals surface area contributed by atoms with Crippen molar-refractivity contribution in [3.63, 3.8) is 0 Å². The summed E-state index contributed by atoms with van der Waals surface area (Å²) in [5.41, 5.74) is 0. The van der Waals surface area contributed by atoms with Gasteiger partial charge in [0.15, 0.2) is 0 Å². The molecule has 16 unspecified atom stereocenters. The maximum absolute atomic E-state index is 5.80. The SMILES string of the molecule is CCCCC(/C=C/C=C/C=C/C(C/C=C\C=C\C(CC)OP(P)P)OPP)OP.CCCCC(C=CC=CC=CC(CC=CC=CC(CC)OP(P)P)OPP)OP. The molecule has 6 nitrogen and oxygen atoms in total. The number of rotatable bonds is 34. The molecular formula is C40H76O6P12. The number of hydrogen-bond acceptors (Lipinski definition) is 6. The third kappa shape index (κ3) is 43.6. The molecule has 0 radical (unpaired) electrons. The minimum Gasteiger partial charge on any atom is -0.358 e. The molecule has 332 valence electrons. The molecule has 0 fully saturated rings. The van der Waals surface area contributed by atoms with Crippen molar-refractivity contribution in [1.29, 1.82) is 0 Å². The Bertz CT molecular complexity index is 1130. The molecule has 0 aromatic heterocycles. The Balaban J connectivity index is 0. The summed E-state index contributed by atoms with van der Waals surface area (Å²) in [4.78, 5) is 0. The fourth-order valence-electron chi connectivity index (χ4n) is 4.51. The normalized spacial score (nSPS) is 16.8. The molecule has 0 aromatic carbocycles. The first-order valence-corrected chi connectivity index (χ1v) is 35.1. The lowest BCUT2D eigenvalue weighted by atomic mass is 10.1. The Morgan fingerprint density at radius 1 is 0.448 bits per heavy atom. The minimum absolute atomic E-state index is 0.0712. The van der Waals surface area contributed by atoms with Crippen LogP contribution in [0.25, 0.3) is 0 Å². The summed E-state index contributed by atoms with van der Waals surface area (Å²) in [6, 6.07) is 0. The summed E-state index contributed by atoms with van der Waals surface area (Å²) >= 11 is 0. The number of allylic oxidation sites excluding steroid dienone is 12. The van der Waals surface area contributed by atoms with Crippen LogP contribution in [0.15, 0.2) is 122 Å². The predicted octanol–water partition coefficient (Wildman–Crippen LogP) is 16.1. The Labute approximate surface area is 379 Å². The van der Waals surface area contributed by atoms with E-state index in [2.05, 4.69) is 173 Å². The van der Waals surface area contributed by atoms with Crippen molar-refractivity contribution in [1.82, 2.24) is 0 Å². The molecule has 0 saturated heterocycles. The van der Waals surface area contributed by atoms with Gasteiger partial charge in [0, 0.05) is 35.9 Å². The van der Waals surface area contributed by atoms with E-state index in [1.807, 2.05) is 48.6 Å². The molecule has 0 aliphatic carbocycles. The lowest BCUT2D eigenvalue weighted by Gasteiger charge is -2.13. The van der Waals surface area contributed by atoms with Crippen LogP contribution in [0.2, 0.25) is 0 Å². The van der Waals surface area contributed by atoms with Gasteiger partial charge in [-0.3, -0.25) is 0 Å². The van der Waals surface area contributed by atoms with E-state index in [4.69, 9.17) is 27.1 Å². The van der Waals surface area contributed by atoms with Gasteiger partial charge in [-0.05, 0) is 38.5 Å². The maximum atomic E-state index is 5.80. The molecule has 18 heteroatoms. The number of unbranched alkanes of at least 4 members (excludes halogenated alkanes) is 2. The van der Waals surface area contributed by atoms with Crippen LogP contribution in [0, 0.1) is 0 Å². The Kier molecular flexibility index (Phi) is 52.5. The average molecular weight is 1020 g/mol. The smallest absolute Gasteiger partial charge is 0.0836 e. The second kappa shape index (κ2) is 48.8. The van der Waals surface area contributed by atoms with E-state index in [1.165, 1.54) is 25.7 Å². The molecular weight excluding hydrogens is 948 g/mol. The van der Waals surface area contributed by atoms with Gasteiger partial charge in [0.2, 0.25) is 0 Å². The Morgan fingerprint density at radius 3 is 1.03 bits per heavy atom. The van der Waals surface area contributed by atoms with Crippen LogP contribution in [-0.4, -0.2) is 36.6 Å². The molecule has 0 amide bonds. The highest BCUT2D eigenvalue weighted by molar-refractivity contribution is 8.41. The maximum Gasteiger partial charge on any atom is 0.0836 e. The zero-order valence-corrected chi connectivity index (χ0v) is 48.1. The quantitative estimate of drug-likeness (QED) is 0.0473. The van der Waals surface area contributed by atoms with Gasteiger partial charge in [-0.1, -0.05) is 228 Å². The summed E-state index contributed by atoms with van der Waals surface area (Å²) in [5.74, 6) is 0. The van der Waals surface area contributed by atoms with E-state index in [-0.39, 0.29) is 36.6 Å². The topological polar surface area (TPSA) is 55.4 Å². The first-order valence-electron chi connectivity index (χ1n) is 19.7. The molecule has 0 N–H and O–H groups in total. The lowest BCUT2D eigenvalue weighted by molar-refractivity contribution is 0.275. The van der Waals surface area contributed by atoms with Crippen molar-refractivity contribution in [2.45, 2.75) is 129 Å². The second-order valence-electron chi connectivity index (χ2n) is 12.4. The molecule has 0 spiro atoms. The largest absolute Gasteiger partial charge is 0.358 e. The van der Waals surface area contributed by atoms with Gasteiger partial charge in [-0.2, -0.15) is 0 Å². The van der Waals surface area contributed by atoms with Gasteiger partial charge in [0.05, 0.1) is 51.7 Å². The van der Waals surface area contributed by atoms with Crippen molar-refractivity contribution >= 4 is 105 Å². The summed E-state index contributed by atoms with van der Waals surface area (Å²) in [7, 11) is 20.5. The van der Waals surface area contributed by atoms with E-state index < -0.39 is 15.1 Å². The van der Waals surface area contributed by atoms with Crippen LogP contribution in [0.4, 0.5) is 0 Å². The highest BCUT2D eigenvalue weighted by atomic mass is 32.4. The first-order chi connectivity index (χ1) is 28.1. The van der Waals surface area contributed by atoms with E-state index in [0.717, 1.165) is 38.5 Å². The van der Waals surface area contributed by atoms with Gasteiger partial charge >= 0.3 is 0 Å². The van der Waals surface area contributed by atoms with E-state index in [0.29, 0.717) is 17.0 Å². The molecule has 0 saturated carbocycles. The summed E-state index contributed by atoms with van der Waals surface area (Å²) in [6.07, 6.45) is 52.5. The third-order valence-electron chi connectivity index (χ3n) is 7.64. The highest BCUT2D eigenvalue weighted by Gasteiger charge is 2.06. The van der Waals surface area contributed by atoms with Gasteiger partial charge in [0.1, 0.15) is 0 Å². The van der Waals surface area contributed by atoms with Gasteiger partial charge in [0.25, 0.3) is 0 Å². The average Bonchev–Trinajstić information content (AvgIpc) is 3.21. The van der Waals surface area contributed by atoms with Gasteiger partial charge < -0.3 is 27.1 Å². The highest BCUT2D eigenvalue weighted by Crippen LogP contribution is 2.55. The second-order valence-corrected chi connectivity index (χ2v) is 26.9. The van der Waals surface area contributed by atoms with Crippen LogP contribution in [0.3, 0.4) is 0 Å². The molecule has 16 atom stereocenters. The first kappa shape index (κ1) is 62.4.